The predicted molar refractivity (Wildman–Crippen MR) is 132 cm³/mol. The zero-order valence-corrected chi connectivity index (χ0v) is 20.9. The number of benzene rings is 1. The maximum absolute atomic E-state index is 12.2. The van der Waals surface area contributed by atoms with Crippen molar-refractivity contribution in [3.8, 4) is 0 Å². The van der Waals surface area contributed by atoms with Gasteiger partial charge < -0.3 is 10.6 Å². The van der Waals surface area contributed by atoms with Crippen LogP contribution < -0.4 is 10.6 Å². The first-order chi connectivity index (χ1) is 12.9. The van der Waals surface area contributed by atoms with E-state index in [1.807, 2.05) is 20.8 Å². The van der Waals surface area contributed by atoms with E-state index in [2.05, 4.69) is 57.8 Å². The molecule has 0 saturated carbocycles. The van der Waals surface area contributed by atoms with Crippen molar-refractivity contribution in [1.29, 1.82) is 0 Å². The highest BCUT2D eigenvalue weighted by Crippen LogP contribution is 2.14. The average Bonchev–Trinajstić information content (AvgIpc) is 2.62. The van der Waals surface area contributed by atoms with Gasteiger partial charge in [-0.1, -0.05) is 30.3 Å². The minimum Gasteiger partial charge on any atom is -0.357 e. The third-order valence-corrected chi connectivity index (χ3v) is 6.59. The van der Waals surface area contributed by atoms with Crippen molar-refractivity contribution >= 4 is 40.7 Å². The Labute approximate surface area is 190 Å². The summed E-state index contributed by atoms with van der Waals surface area (Å²) in [6.45, 7) is 12.7. The Hall–Kier alpha value is -0.670. The van der Waals surface area contributed by atoms with Gasteiger partial charge in [-0.2, -0.15) is 0 Å². The summed E-state index contributed by atoms with van der Waals surface area (Å²) in [6.07, 6.45) is 2.35. The third kappa shape index (κ3) is 9.22. The summed E-state index contributed by atoms with van der Waals surface area (Å²) in [4.78, 5) is 7.16. The lowest BCUT2D eigenvalue weighted by Crippen LogP contribution is -2.51. The second kappa shape index (κ2) is 12.8. The van der Waals surface area contributed by atoms with Crippen LogP contribution in [-0.2, 0) is 17.3 Å². The van der Waals surface area contributed by atoms with Gasteiger partial charge in [0.1, 0.15) is 0 Å². The van der Waals surface area contributed by atoms with Gasteiger partial charge in [0, 0.05) is 47.0 Å². The van der Waals surface area contributed by atoms with E-state index in [9.17, 15) is 4.21 Å². The summed E-state index contributed by atoms with van der Waals surface area (Å²) in [6, 6.07) is 11.1. The molecule has 2 unspecified atom stereocenters. The van der Waals surface area contributed by atoms with E-state index in [0.717, 1.165) is 38.6 Å². The molecule has 1 aromatic carbocycles. The second-order valence-corrected chi connectivity index (χ2v) is 10.5. The van der Waals surface area contributed by atoms with E-state index >= 15 is 0 Å². The second-order valence-electron chi connectivity index (χ2n) is 8.13. The molecule has 160 valence electrons. The highest BCUT2D eigenvalue weighted by atomic mass is 127. The maximum atomic E-state index is 12.2. The first-order valence-electron chi connectivity index (χ1n) is 10.1. The van der Waals surface area contributed by atoms with Crippen LogP contribution >= 0.6 is 24.0 Å². The van der Waals surface area contributed by atoms with E-state index in [4.69, 9.17) is 0 Å². The number of likely N-dealkylation sites (tertiary alicyclic amines) is 1. The van der Waals surface area contributed by atoms with Gasteiger partial charge in [-0.05, 0) is 52.6 Å². The zero-order valence-electron chi connectivity index (χ0n) is 17.7. The molecule has 1 saturated heterocycles. The molecule has 2 atom stereocenters. The molecule has 0 amide bonds. The van der Waals surface area contributed by atoms with E-state index in [-0.39, 0.29) is 28.7 Å². The lowest BCUT2D eigenvalue weighted by atomic mass is 10.0. The zero-order chi connectivity index (χ0) is 19.7. The van der Waals surface area contributed by atoms with Gasteiger partial charge in [-0.15, -0.1) is 24.0 Å². The van der Waals surface area contributed by atoms with Crippen molar-refractivity contribution in [2.24, 2.45) is 4.99 Å². The van der Waals surface area contributed by atoms with E-state index in [1.165, 1.54) is 12.0 Å². The van der Waals surface area contributed by atoms with Gasteiger partial charge in [0.25, 0.3) is 0 Å². The summed E-state index contributed by atoms with van der Waals surface area (Å²) in [5, 5.41) is 6.91. The normalized spacial score (nSPS) is 19.6. The van der Waals surface area contributed by atoms with Crippen molar-refractivity contribution in [3.05, 3.63) is 35.9 Å². The van der Waals surface area contributed by atoms with Crippen molar-refractivity contribution in [1.82, 2.24) is 15.5 Å². The van der Waals surface area contributed by atoms with Crippen LogP contribution in [0.5, 0.6) is 0 Å². The molecule has 0 spiro atoms. The van der Waals surface area contributed by atoms with Gasteiger partial charge >= 0.3 is 0 Å². The molecule has 5 nitrogen and oxygen atoms in total. The Bertz CT molecular complexity index is 619. The van der Waals surface area contributed by atoms with Crippen LogP contribution in [0.25, 0.3) is 0 Å². The molecule has 1 aliphatic rings. The number of nitrogens with zero attached hydrogens (tertiary/aromatic N) is 2. The lowest BCUT2D eigenvalue weighted by molar-refractivity contribution is 0.192. The SMILES string of the molecule is CCNC(=NCCS(=O)C(C)(C)C)NC1CCCN(Cc2ccccc2)C1.I. The van der Waals surface area contributed by atoms with Crippen molar-refractivity contribution in [3.63, 3.8) is 0 Å². The van der Waals surface area contributed by atoms with Crippen LogP contribution in [0, 0.1) is 0 Å². The Morgan fingerprint density at radius 3 is 2.64 bits per heavy atom. The molecule has 1 aromatic rings. The number of halogens is 1. The van der Waals surface area contributed by atoms with Crippen LogP contribution in [0.15, 0.2) is 35.3 Å². The molecule has 0 radical (unpaired) electrons. The number of hydrogen-bond donors (Lipinski definition) is 2. The van der Waals surface area contributed by atoms with Crippen molar-refractivity contribution in [2.45, 2.75) is 57.9 Å². The van der Waals surface area contributed by atoms with Crippen LogP contribution in [0.3, 0.4) is 0 Å². The number of hydrogen-bond acceptors (Lipinski definition) is 3. The fourth-order valence-electron chi connectivity index (χ4n) is 3.22. The van der Waals surface area contributed by atoms with Crippen molar-refractivity contribution < 1.29 is 4.21 Å². The molecule has 1 fully saturated rings. The minimum atomic E-state index is -0.864. The Balaban J connectivity index is 0.00000392. The van der Waals surface area contributed by atoms with Crippen LogP contribution in [0.1, 0.15) is 46.1 Å². The molecule has 2 N–H and O–H groups in total. The quantitative estimate of drug-likeness (QED) is 0.329. The Kier molecular flexibility index (Phi) is 11.6. The summed E-state index contributed by atoms with van der Waals surface area (Å²) in [5.41, 5.74) is 1.36. The third-order valence-electron chi connectivity index (χ3n) is 4.67. The predicted octanol–water partition coefficient (Wildman–Crippen LogP) is 3.37. The lowest BCUT2D eigenvalue weighted by Gasteiger charge is -2.34. The summed E-state index contributed by atoms with van der Waals surface area (Å²) >= 11 is 0. The molecule has 0 bridgehead atoms. The molecular formula is C21H37IN4OS. The largest absolute Gasteiger partial charge is 0.357 e. The number of guanidine groups is 1. The van der Waals surface area contributed by atoms with Crippen LogP contribution in [-0.4, -0.2) is 57.8 Å². The van der Waals surface area contributed by atoms with Gasteiger partial charge in [0.15, 0.2) is 5.96 Å². The summed E-state index contributed by atoms with van der Waals surface area (Å²) in [5.74, 6) is 1.44. The molecule has 0 aromatic heterocycles. The van der Waals surface area contributed by atoms with Gasteiger partial charge in [0.2, 0.25) is 0 Å². The average molecular weight is 521 g/mol. The Morgan fingerprint density at radius 2 is 2.00 bits per heavy atom. The monoisotopic (exact) mass is 520 g/mol. The number of aliphatic imine (C=N–C) groups is 1. The standard InChI is InChI=1S/C21H36N4OS.HI/c1-5-22-20(23-13-15-27(26)21(2,3)4)24-19-12-9-14-25(17-19)16-18-10-7-6-8-11-18;/h6-8,10-11,19H,5,9,12-17H2,1-4H3,(H2,22,23,24);1H. The molecule has 1 aliphatic heterocycles. The molecule has 7 heteroatoms. The Morgan fingerprint density at radius 1 is 1.29 bits per heavy atom. The maximum Gasteiger partial charge on any atom is 0.191 e. The number of nitrogens with one attached hydrogen (secondary N) is 2. The molecule has 1 heterocycles. The van der Waals surface area contributed by atoms with E-state index in [1.54, 1.807) is 0 Å². The summed E-state index contributed by atoms with van der Waals surface area (Å²) < 4.78 is 12.0. The number of piperidine rings is 1. The van der Waals surface area contributed by atoms with E-state index < -0.39 is 10.8 Å². The highest BCUT2D eigenvalue weighted by molar-refractivity contribution is 14.0. The van der Waals surface area contributed by atoms with Crippen molar-refractivity contribution in [2.75, 3.05) is 31.9 Å². The fourth-order valence-corrected chi connectivity index (χ4v) is 4.09. The topological polar surface area (TPSA) is 56.7 Å². The first-order valence-corrected chi connectivity index (χ1v) is 11.4. The fraction of sp³-hybridized carbons (Fsp3) is 0.667. The highest BCUT2D eigenvalue weighted by Gasteiger charge is 2.21. The van der Waals surface area contributed by atoms with Gasteiger partial charge in [0.05, 0.1) is 6.54 Å². The molecular weight excluding hydrogens is 483 g/mol. The molecule has 0 aliphatic carbocycles. The molecule has 2 rings (SSSR count). The van der Waals surface area contributed by atoms with Crippen LogP contribution in [0.4, 0.5) is 0 Å². The van der Waals surface area contributed by atoms with Gasteiger partial charge in [-0.25, -0.2) is 0 Å². The molecule has 28 heavy (non-hydrogen) atoms. The van der Waals surface area contributed by atoms with Crippen LogP contribution in [0.2, 0.25) is 0 Å². The smallest absolute Gasteiger partial charge is 0.191 e. The van der Waals surface area contributed by atoms with Gasteiger partial charge in [-0.3, -0.25) is 14.1 Å². The minimum absolute atomic E-state index is 0. The summed E-state index contributed by atoms with van der Waals surface area (Å²) in [7, 11) is -0.864. The number of rotatable bonds is 7. The van der Waals surface area contributed by atoms with E-state index in [0.29, 0.717) is 18.3 Å². The first kappa shape index (κ1) is 25.4.